The average molecular weight is 272 g/mol. The molecule has 0 radical (unpaired) electrons. The molecule has 2 fully saturated rings. The summed E-state index contributed by atoms with van der Waals surface area (Å²) in [5, 5.41) is 20.1. The van der Waals surface area contributed by atoms with Gasteiger partial charge in [-0.2, -0.15) is 0 Å². The van der Waals surface area contributed by atoms with Crippen LogP contribution in [0.5, 0.6) is 0 Å². The second-order valence-electron chi connectivity index (χ2n) is 4.98. The summed E-state index contributed by atoms with van der Waals surface area (Å²) >= 11 is 0. The van der Waals surface area contributed by atoms with Crippen molar-refractivity contribution in [2.24, 2.45) is 0 Å². The molecule has 1 saturated carbocycles. The van der Waals surface area contributed by atoms with E-state index >= 15 is 0 Å². The fourth-order valence-corrected chi connectivity index (χ4v) is 2.77. The highest BCUT2D eigenvalue weighted by molar-refractivity contribution is 5.82. The monoisotopic (exact) mass is 272 g/mol. The lowest BCUT2D eigenvalue weighted by atomic mass is 9.90. The highest BCUT2D eigenvalue weighted by Crippen LogP contribution is 2.28. The highest BCUT2D eigenvalue weighted by Gasteiger charge is 2.37. The van der Waals surface area contributed by atoms with Gasteiger partial charge in [-0.3, -0.25) is 0 Å². The Hall–Kier alpha value is -1.34. The van der Waals surface area contributed by atoms with E-state index in [4.69, 9.17) is 14.9 Å². The lowest BCUT2D eigenvalue weighted by Crippen LogP contribution is -2.59. The Morgan fingerprint density at radius 3 is 2.79 bits per heavy atom. The molecule has 0 aromatic rings. The number of carbonyl (C=O) groups is 2. The Morgan fingerprint density at radius 1 is 1.37 bits per heavy atom. The molecule has 1 heterocycles. The Balaban J connectivity index is 1.98. The molecule has 108 valence electrons. The summed E-state index contributed by atoms with van der Waals surface area (Å²) in [4.78, 5) is 24.6. The topological polar surface area (TPSA) is 99.1 Å². The number of amides is 2. The van der Waals surface area contributed by atoms with Gasteiger partial charge in [-0.05, 0) is 12.8 Å². The van der Waals surface area contributed by atoms with Crippen LogP contribution in [0.15, 0.2) is 0 Å². The van der Waals surface area contributed by atoms with Crippen LogP contribution >= 0.6 is 0 Å². The molecule has 7 nitrogen and oxygen atoms in total. The number of nitrogens with one attached hydrogen (secondary N) is 1. The standard InChI is InChI=1S/C12H20N2O5/c15-7-8(11(16)17)13-12(18)14-5-6-19-10-4-2-1-3-9(10)14/h8-10,15H,1-7H2,(H,13,18)(H,16,17)/t8-,9?,10?/m0/s1. The van der Waals surface area contributed by atoms with Crippen molar-refractivity contribution in [2.75, 3.05) is 19.8 Å². The molecule has 3 N–H and O–H groups in total. The van der Waals surface area contributed by atoms with Crippen LogP contribution in [-0.4, -0.2) is 65.1 Å². The van der Waals surface area contributed by atoms with E-state index in [9.17, 15) is 9.59 Å². The molecule has 2 amide bonds. The van der Waals surface area contributed by atoms with Gasteiger partial charge < -0.3 is 25.2 Å². The van der Waals surface area contributed by atoms with Gasteiger partial charge in [0.25, 0.3) is 0 Å². The zero-order valence-corrected chi connectivity index (χ0v) is 10.7. The lowest BCUT2D eigenvalue weighted by Gasteiger charge is -2.43. The minimum atomic E-state index is -1.25. The summed E-state index contributed by atoms with van der Waals surface area (Å²) in [5.74, 6) is -1.23. The molecule has 0 spiro atoms. The smallest absolute Gasteiger partial charge is 0.328 e. The van der Waals surface area contributed by atoms with Gasteiger partial charge in [0.15, 0.2) is 6.04 Å². The first kappa shape index (κ1) is 14.1. The lowest BCUT2D eigenvalue weighted by molar-refractivity contribution is -0.140. The van der Waals surface area contributed by atoms with Crippen LogP contribution < -0.4 is 5.32 Å². The van der Waals surface area contributed by atoms with Gasteiger partial charge >= 0.3 is 12.0 Å². The molecular formula is C12H20N2O5. The van der Waals surface area contributed by atoms with Crippen molar-refractivity contribution < 1.29 is 24.5 Å². The summed E-state index contributed by atoms with van der Waals surface area (Å²) in [5.41, 5.74) is 0. The minimum absolute atomic E-state index is 0.0237. The fraction of sp³-hybridized carbons (Fsp3) is 0.833. The van der Waals surface area contributed by atoms with Gasteiger partial charge in [-0.15, -0.1) is 0 Å². The van der Waals surface area contributed by atoms with Crippen molar-refractivity contribution in [3.05, 3.63) is 0 Å². The van der Waals surface area contributed by atoms with E-state index in [0.29, 0.717) is 13.2 Å². The van der Waals surface area contributed by atoms with Crippen LogP contribution in [0.1, 0.15) is 25.7 Å². The highest BCUT2D eigenvalue weighted by atomic mass is 16.5. The number of hydrogen-bond acceptors (Lipinski definition) is 4. The maximum Gasteiger partial charge on any atom is 0.328 e. The van der Waals surface area contributed by atoms with Gasteiger partial charge in [-0.1, -0.05) is 12.8 Å². The second-order valence-corrected chi connectivity index (χ2v) is 4.98. The molecule has 1 aliphatic heterocycles. The molecular weight excluding hydrogens is 252 g/mol. The quantitative estimate of drug-likeness (QED) is 0.660. The van der Waals surface area contributed by atoms with Crippen LogP contribution in [0.4, 0.5) is 4.79 Å². The number of carboxylic acid groups (broad SMARTS) is 1. The molecule has 2 aliphatic rings. The SMILES string of the molecule is O=C(O)[C@H](CO)NC(=O)N1CCOC2CCCCC21. The number of ether oxygens (including phenoxy) is 1. The van der Waals surface area contributed by atoms with Gasteiger partial charge in [-0.25, -0.2) is 9.59 Å². The first-order valence-electron chi connectivity index (χ1n) is 6.66. The van der Waals surface area contributed by atoms with Crippen LogP contribution in [0.3, 0.4) is 0 Å². The molecule has 0 aromatic carbocycles. The van der Waals surface area contributed by atoms with Crippen molar-refractivity contribution in [3.63, 3.8) is 0 Å². The van der Waals surface area contributed by atoms with E-state index in [1.807, 2.05) is 0 Å². The van der Waals surface area contributed by atoms with Crippen molar-refractivity contribution in [1.82, 2.24) is 10.2 Å². The van der Waals surface area contributed by atoms with E-state index in [0.717, 1.165) is 25.7 Å². The number of aliphatic carboxylic acids is 1. The number of carbonyl (C=O) groups excluding carboxylic acids is 1. The number of morpholine rings is 1. The third-order valence-corrected chi connectivity index (χ3v) is 3.77. The van der Waals surface area contributed by atoms with Crippen LogP contribution in [0.25, 0.3) is 0 Å². The van der Waals surface area contributed by atoms with Crippen LogP contribution in [0.2, 0.25) is 0 Å². The van der Waals surface area contributed by atoms with Crippen molar-refractivity contribution >= 4 is 12.0 Å². The predicted octanol–water partition coefficient (Wildman–Crippen LogP) is -0.215. The third kappa shape index (κ3) is 3.16. The molecule has 2 unspecified atom stereocenters. The van der Waals surface area contributed by atoms with E-state index in [1.54, 1.807) is 4.90 Å². The maximum atomic E-state index is 12.1. The van der Waals surface area contributed by atoms with E-state index in [2.05, 4.69) is 5.32 Å². The Labute approximate surface area is 111 Å². The molecule has 3 atom stereocenters. The molecule has 2 rings (SSSR count). The molecule has 0 bridgehead atoms. The zero-order valence-electron chi connectivity index (χ0n) is 10.7. The molecule has 0 aromatic heterocycles. The number of urea groups is 1. The van der Waals surface area contributed by atoms with Gasteiger partial charge in [0.2, 0.25) is 0 Å². The average Bonchev–Trinajstić information content (AvgIpc) is 2.43. The van der Waals surface area contributed by atoms with E-state index in [1.165, 1.54) is 0 Å². The van der Waals surface area contributed by atoms with Crippen molar-refractivity contribution in [3.8, 4) is 0 Å². The summed E-state index contributed by atoms with van der Waals surface area (Å²) in [6, 6.07) is -1.66. The first-order chi connectivity index (χ1) is 9.13. The predicted molar refractivity (Wildman–Crippen MR) is 65.7 cm³/mol. The Bertz CT molecular complexity index is 347. The van der Waals surface area contributed by atoms with Crippen LogP contribution in [-0.2, 0) is 9.53 Å². The summed E-state index contributed by atoms with van der Waals surface area (Å²) < 4.78 is 5.65. The molecule has 1 saturated heterocycles. The number of hydrogen-bond donors (Lipinski definition) is 3. The van der Waals surface area contributed by atoms with Crippen LogP contribution in [0, 0.1) is 0 Å². The van der Waals surface area contributed by atoms with Crippen molar-refractivity contribution in [1.29, 1.82) is 0 Å². The second kappa shape index (κ2) is 6.21. The Morgan fingerprint density at radius 2 is 2.11 bits per heavy atom. The fourth-order valence-electron chi connectivity index (χ4n) is 2.77. The summed E-state index contributed by atoms with van der Waals surface area (Å²) in [6.07, 6.45) is 4.04. The number of carboxylic acids is 1. The van der Waals surface area contributed by atoms with Gasteiger partial charge in [0, 0.05) is 6.54 Å². The van der Waals surface area contributed by atoms with E-state index in [-0.39, 0.29) is 12.1 Å². The third-order valence-electron chi connectivity index (χ3n) is 3.77. The van der Waals surface area contributed by atoms with Gasteiger partial charge in [0.05, 0.1) is 25.4 Å². The first-order valence-corrected chi connectivity index (χ1v) is 6.66. The normalized spacial score (nSPS) is 28.4. The molecule has 7 heteroatoms. The Kier molecular flexibility index (Phi) is 4.60. The number of fused-ring (bicyclic) bond motifs is 1. The number of aliphatic hydroxyl groups is 1. The zero-order chi connectivity index (χ0) is 13.8. The van der Waals surface area contributed by atoms with Gasteiger partial charge in [0.1, 0.15) is 0 Å². The maximum absolute atomic E-state index is 12.1. The molecule has 1 aliphatic carbocycles. The summed E-state index contributed by atoms with van der Waals surface area (Å²) in [7, 11) is 0. The van der Waals surface area contributed by atoms with E-state index < -0.39 is 24.6 Å². The number of rotatable bonds is 3. The minimum Gasteiger partial charge on any atom is -0.480 e. The van der Waals surface area contributed by atoms with Crippen molar-refractivity contribution in [2.45, 2.75) is 43.9 Å². The number of aliphatic hydroxyl groups excluding tert-OH is 1. The molecule has 19 heavy (non-hydrogen) atoms. The largest absolute Gasteiger partial charge is 0.480 e. The number of nitrogens with zero attached hydrogens (tertiary/aromatic N) is 1. The summed E-state index contributed by atoms with van der Waals surface area (Å²) in [6.45, 7) is 0.329.